The number of nitrogens with one attached hydrogen (secondary N) is 1. The lowest BCUT2D eigenvalue weighted by Gasteiger charge is -2.10. The summed E-state index contributed by atoms with van der Waals surface area (Å²) in [4.78, 5) is 10.5. The largest absolute Gasteiger partial charge is 0.493 e. The number of benzene rings is 1. The number of hydrogen-bond acceptors (Lipinski definition) is 3. The highest BCUT2D eigenvalue weighted by Crippen LogP contribution is 2.17. The highest BCUT2D eigenvalue weighted by Gasteiger charge is 2.02. The van der Waals surface area contributed by atoms with Crippen molar-refractivity contribution in [2.45, 2.75) is 13.0 Å². The fourth-order valence-corrected chi connectivity index (χ4v) is 1.24. The topological polar surface area (TPSA) is 64.3 Å². The number of nitrogens with two attached hydrogens (primary N) is 1. The van der Waals surface area contributed by atoms with Gasteiger partial charge in [0.05, 0.1) is 13.0 Å². The molecular formula is C11H16N2O2. The van der Waals surface area contributed by atoms with Gasteiger partial charge in [-0.1, -0.05) is 18.2 Å². The molecule has 0 saturated heterocycles. The maximum atomic E-state index is 10.5. The van der Waals surface area contributed by atoms with Crippen LogP contribution >= 0.6 is 0 Å². The minimum Gasteiger partial charge on any atom is -0.493 e. The summed E-state index contributed by atoms with van der Waals surface area (Å²) in [5.74, 6) is 0.453. The standard InChI is InChI=1S/C11H16N2O2/c1-13-8-9-4-2-3-5-10(9)15-7-6-11(12)14/h2-5,13H,6-8H2,1H3,(H2,12,14). The third kappa shape index (κ3) is 3.99. The Morgan fingerprint density at radius 2 is 2.20 bits per heavy atom. The van der Waals surface area contributed by atoms with Crippen LogP contribution in [0.15, 0.2) is 24.3 Å². The van der Waals surface area contributed by atoms with E-state index < -0.39 is 0 Å². The Hall–Kier alpha value is -1.55. The van der Waals surface area contributed by atoms with Crippen LogP contribution in [0, 0.1) is 0 Å². The van der Waals surface area contributed by atoms with Crippen molar-refractivity contribution in [1.82, 2.24) is 5.32 Å². The van der Waals surface area contributed by atoms with Gasteiger partial charge in [-0.2, -0.15) is 0 Å². The fourth-order valence-electron chi connectivity index (χ4n) is 1.24. The van der Waals surface area contributed by atoms with Crippen LogP contribution in [0.2, 0.25) is 0 Å². The Balaban J connectivity index is 2.55. The molecule has 15 heavy (non-hydrogen) atoms. The lowest BCUT2D eigenvalue weighted by atomic mass is 10.2. The number of hydrogen-bond donors (Lipinski definition) is 2. The highest BCUT2D eigenvalue weighted by atomic mass is 16.5. The van der Waals surface area contributed by atoms with Gasteiger partial charge in [0.2, 0.25) is 5.91 Å². The average Bonchev–Trinajstić information content (AvgIpc) is 2.20. The summed E-state index contributed by atoms with van der Waals surface area (Å²) >= 11 is 0. The Morgan fingerprint density at radius 3 is 2.87 bits per heavy atom. The molecule has 0 aliphatic heterocycles. The number of rotatable bonds is 6. The molecule has 0 radical (unpaired) electrons. The van der Waals surface area contributed by atoms with Crippen molar-refractivity contribution in [2.24, 2.45) is 5.73 Å². The third-order valence-electron chi connectivity index (χ3n) is 1.95. The van der Waals surface area contributed by atoms with E-state index in [0.717, 1.165) is 17.9 Å². The lowest BCUT2D eigenvalue weighted by Crippen LogP contribution is -2.15. The highest BCUT2D eigenvalue weighted by molar-refractivity contribution is 5.73. The van der Waals surface area contributed by atoms with Crippen LogP contribution < -0.4 is 15.8 Å². The van der Waals surface area contributed by atoms with Gasteiger partial charge in [0, 0.05) is 12.1 Å². The van der Waals surface area contributed by atoms with E-state index in [1.165, 1.54) is 0 Å². The van der Waals surface area contributed by atoms with E-state index in [2.05, 4.69) is 5.32 Å². The van der Waals surface area contributed by atoms with Crippen LogP contribution in [0.25, 0.3) is 0 Å². The van der Waals surface area contributed by atoms with Crippen molar-refractivity contribution in [1.29, 1.82) is 0 Å². The van der Waals surface area contributed by atoms with Crippen molar-refractivity contribution < 1.29 is 9.53 Å². The Kier molecular flexibility index (Phi) is 4.63. The molecule has 1 aromatic carbocycles. The van der Waals surface area contributed by atoms with Gasteiger partial charge in [0.15, 0.2) is 0 Å². The molecule has 0 aliphatic carbocycles. The molecule has 0 spiro atoms. The second-order valence-corrected chi connectivity index (χ2v) is 3.20. The van der Waals surface area contributed by atoms with Crippen LogP contribution in [-0.2, 0) is 11.3 Å². The molecular weight excluding hydrogens is 192 g/mol. The lowest BCUT2D eigenvalue weighted by molar-refractivity contribution is -0.118. The van der Waals surface area contributed by atoms with Crippen LogP contribution in [0.1, 0.15) is 12.0 Å². The molecule has 0 heterocycles. The number of primary amides is 1. The van der Waals surface area contributed by atoms with Gasteiger partial charge in [-0.25, -0.2) is 0 Å². The number of amides is 1. The molecule has 1 amide bonds. The molecule has 0 atom stereocenters. The first-order chi connectivity index (χ1) is 7.24. The molecule has 4 nitrogen and oxygen atoms in total. The minimum absolute atomic E-state index is 0.244. The molecule has 0 bridgehead atoms. The summed E-state index contributed by atoms with van der Waals surface area (Å²) in [5, 5.41) is 3.05. The minimum atomic E-state index is -0.346. The molecule has 0 unspecified atom stereocenters. The second kappa shape index (κ2) is 6.03. The van der Waals surface area contributed by atoms with E-state index in [4.69, 9.17) is 10.5 Å². The maximum absolute atomic E-state index is 10.5. The molecule has 1 aromatic rings. The zero-order valence-electron chi connectivity index (χ0n) is 8.82. The first-order valence-corrected chi connectivity index (χ1v) is 4.87. The van der Waals surface area contributed by atoms with E-state index in [0.29, 0.717) is 6.61 Å². The van der Waals surface area contributed by atoms with Gasteiger partial charge >= 0.3 is 0 Å². The number of carbonyl (C=O) groups excluding carboxylic acids is 1. The van der Waals surface area contributed by atoms with Gasteiger partial charge in [-0.15, -0.1) is 0 Å². The molecule has 1 rings (SSSR count). The Bertz CT molecular complexity index is 326. The van der Waals surface area contributed by atoms with Gasteiger partial charge in [0.1, 0.15) is 5.75 Å². The smallest absolute Gasteiger partial charge is 0.220 e. The molecule has 0 aliphatic rings. The van der Waals surface area contributed by atoms with Gasteiger partial charge < -0.3 is 15.8 Å². The SMILES string of the molecule is CNCc1ccccc1OCCC(N)=O. The number of carbonyl (C=O) groups is 1. The molecule has 4 heteroatoms. The third-order valence-corrected chi connectivity index (χ3v) is 1.95. The number of para-hydroxylation sites is 1. The predicted octanol–water partition coefficient (Wildman–Crippen LogP) is 0.660. The van der Waals surface area contributed by atoms with Crippen LogP contribution in [0.5, 0.6) is 5.75 Å². The van der Waals surface area contributed by atoms with E-state index >= 15 is 0 Å². The zero-order valence-corrected chi connectivity index (χ0v) is 8.82. The Morgan fingerprint density at radius 1 is 1.47 bits per heavy atom. The van der Waals surface area contributed by atoms with E-state index in [1.807, 2.05) is 31.3 Å². The first kappa shape index (κ1) is 11.5. The van der Waals surface area contributed by atoms with Crippen molar-refractivity contribution in [3.63, 3.8) is 0 Å². The zero-order chi connectivity index (χ0) is 11.1. The summed E-state index contributed by atoms with van der Waals surface area (Å²) < 4.78 is 5.46. The molecule has 82 valence electrons. The Labute approximate surface area is 89.4 Å². The summed E-state index contributed by atoms with van der Waals surface area (Å²) in [6.45, 7) is 1.07. The second-order valence-electron chi connectivity index (χ2n) is 3.20. The van der Waals surface area contributed by atoms with Crippen molar-refractivity contribution >= 4 is 5.91 Å². The van der Waals surface area contributed by atoms with Crippen LogP contribution in [0.3, 0.4) is 0 Å². The predicted molar refractivity (Wildman–Crippen MR) is 58.5 cm³/mol. The van der Waals surface area contributed by atoms with Crippen LogP contribution in [0.4, 0.5) is 0 Å². The molecule has 0 fully saturated rings. The summed E-state index contributed by atoms with van der Waals surface area (Å²) in [7, 11) is 1.88. The quantitative estimate of drug-likeness (QED) is 0.721. The molecule has 0 saturated carbocycles. The maximum Gasteiger partial charge on any atom is 0.220 e. The summed E-state index contributed by atoms with van der Waals surface area (Å²) in [6.07, 6.45) is 0.244. The van der Waals surface area contributed by atoms with E-state index in [9.17, 15) is 4.79 Å². The van der Waals surface area contributed by atoms with Crippen molar-refractivity contribution in [3.05, 3.63) is 29.8 Å². The monoisotopic (exact) mass is 208 g/mol. The van der Waals surface area contributed by atoms with E-state index in [-0.39, 0.29) is 12.3 Å². The van der Waals surface area contributed by atoms with Gasteiger partial charge in [-0.3, -0.25) is 4.79 Å². The van der Waals surface area contributed by atoms with E-state index in [1.54, 1.807) is 0 Å². The normalized spacial score (nSPS) is 9.93. The average molecular weight is 208 g/mol. The summed E-state index contributed by atoms with van der Waals surface area (Å²) in [6, 6.07) is 7.72. The molecule has 3 N–H and O–H groups in total. The van der Waals surface area contributed by atoms with Gasteiger partial charge in [-0.05, 0) is 13.1 Å². The fraction of sp³-hybridized carbons (Fsp3) is 0.364. The van der Waals surface area contributed by atoms with Crippen LogP contribution in [-0.4, -0.2) is 19.6 Å². The van der Waals surface area contributed by atoms with Crippen molar-refractivity contribution in [3.8, 4) is 5.75 Å². The number of ether oxygens (including phenoxy) is 1. The summed E-state index contributed by atoms with van der Waals surface area (Å²) in [5.41, 5.74) is 6.10. The first-order valence-electron chi connectivity index (χ1n) is 4.87. The van der Waals surface area contributed by atoms with Gasteiger partial charge in [0.25, 0.3) is 0 Å². The molecule has 0 aromatic heterocycles. The van der Waals surface area contributed by atoms with Crippen molar-refractivity contribution in [2.75, 3.05) is 13.7 Å².